The molecule has 0 unspecified atom stereocenters. The highest BCUT2D eigenvalue weighted by Crippen LogP contribution is 2.37. The number of anilines is 1. The third-order valence-corrected chi connectivity index (χ3v) is 7.43. The Hall–Kier alpha value is -3.98. The summed E-state index contributed by atoms with van der Waals surface area (Å²) < 4.78 is 15.8. The molecule has 1 saturated heterocycles. The van der Waals surface area contributed by atoms with Gasteiger partial charge >= 0.3 is 0 Å². The molecular formula is C33H36FN3O2. The van der Waals surface area contributed by atoms with Gasteiger partial charge in [0.2, 0.25) is 0 Å². The highest BCUT2D eigenvalue weighted by atomic mass is 19.1. The summed E-state index contributed by atoms with van der Waals surface area (Å²) in [7, 11) is 0. The number of aryl methyl sites for hydroxylation is 2. The van der Waals surface area contributed by atoms with Gasteiger partial charge in [0, 0.05) is 54.6 Å². The van der Waals surface area contributed by atoms with E-state index >= 15 is 4.39 Å². The van der Waals surface area contributed by atoms with Gasteiger partial charge in [-0.1, -0.05) is 44.9 Å². The molecule has 2 heterocycles. The van der Waals surface area contributed by atoms with Gasteiger partial charge in [-0.3, -0.25) is 14.6 Å². The summed E-state index contributed by atoms with van der Waals surface area (Å²) in [5.41, 5.74) is 4.10. The molecule has 3 aromatic rings. The van der Waals surface area contributed by atoms with Gasteiger partial charge in [0.25, 0.3) is 11.8 Å². The van der Waals surface area contributed by atoms with Crippen molar-refractivity contribution in [1.82, 2.24) is 9.88 Å². The van der Waals surface area contributed by atoms with Crippen molar-refractivity contribution in [3.8, 4) is 12.3 Å². The van der Waals surface area contributed by atoms with Crippen molar-refractivity contribution in [3.63, 3.8) is 0 Å². The molecule has 1 aromatic heterocycles. The summed E-state index contributed by atoms with van der Waals surface area (Å²) in [4.78, 5) is 32.7. The molecule has 0 saturated carbocycles. The molecule has 0 radical (unpaired) electrons. The van der Waals surface area contributed by atoms with Crippen molar-refractivity contribution < 1.29 is 14.0 Å². The predicted molar refractivity (Wildman–Crippen MR) is 154 cm³/mol. The first-order chi connectivity index (χ1) is 18.6. The summed E-state index contributed by atoms with van der Waals surface area (Å²) in [6.07, 6.45) is 8.96. The number of piperidine rings is 1. The van der Waals surface area contributed by atoms with E-state index in [2.05, 4.69) is 30.1 Å². The normalized spacial score (nSPS) is 14.6. The van der Waals surface area contributed by atoms with Crippen molar-refractivity contribution >= 4 is 17.5 Å². The van der Waals surface area contributed by atoms with E-state index in [1.54, 1.807) is 47.5 Å². The molecule has 202 valence electrons. The molecule has 1 aliphatic heterocycles. The number of alkyl halides is 1. The van der Waals surface area contributed by atoms with Gasteiger partial charge in [0.1, 0.15) is 5.67 Å². The van der Waals surface area contributed by atoms with Crippen LogP contribution in [0.4, 0.5) is 10.1 Å². The number of amides is 2. The molecule has 1 N–H and O–H groups in total. The predicted octanol–water partition coefficient (Wildman–Crippen LogP) is 6.49. The van der Waals surface area contributed by atoms with Crippen molar-refractivity contribution in [2.75, 3.05) is 18.4 Å². The van der Waals surface area contributed by atoms with Crippen LogP contribution in [0.25, 0.3) is 0 Å². The number of rotatable bonds is 7. The Bertz CT molecular complexity index is 1380. The van der Waals surface area contributed by atoms with Crippen molar-refractivity contribution in [2.45, 2.75) is 59.0 Å². The molecule has 1 fully saturated rings. The molecule has 39 heavy (non-hydrogen) atoms. The van der Waals surface area contributed by atoms with Crippen LogP contribution in [0.3, 0.4) is 0 Å². The van der Waals surface area contributed by atoms with Crippen molar-refractivity contribution in [2.24, 2.45) is 5.92 Å². The molecule has 1 aliphatic rings. The van der Waals surface area contributed by atoms with Crippen LogP contribution in [0.15, 0.2) is 54.7 Å². The van der Waals surface area contributed by atoms with Gasteiger partial charge in [-0.2, -0.15) is 0 Å². The fourth-order valence-electron chi connectivity index (χ4n) is 5.07. The minimum Gasteiger partial charge on any atom is -0.338 e. The van der Waals surface area contributed by atoms with E-state index in [4.69, 9.17) is 6.42 Å². The summed E-state index contributed by atoms with van der Waals surface area (Å²) in [5.74, 6) is 2.61. The molecule has 5 nitrogen and oxygen atoms in total. The maximum absolute atomic E-state index is 15.8. The van der Waals surface area contributed by atoms with Crippen LogP contribution in [0.5, 0.6) is 0 Å². The van der Waals surface area contributed by atoms with Crippen LogP contribution in [0.1, 0.15) is 82.3 Å². The van der Waals surface area contributed by atoms with Gasteiger partial charge in [0.15, 0.2) is 0 Å². The maximum atomic E-state index is 15.8. The van der Waals surface area contributed by atoms with E-state index in [-0.39, 0.29) is 24.7 Å². The molecule has 0 aliphatic carbocycles. The number of nitrogens with one attached hydrogen (secondary N) is 1. The number of hydrogen-bond donors (Lipinski definition) is 1. The summed E-state index contributed by atoms with van der Waals surface area (Å²) in [5, 5.41) is 2.96. The number of pyridine rings is 1. The van der Waals surface area contributed by atoms with E-state index in [1.165, 1.54) is 0 Å². The van der Waals surface area contributed by atoms with Crippen LogP contribution in [-0.4, -0.2) is 34.8 Å². The molecular weight excluding hydrogens is 489 g/mol. The number of hydrogen-bond acceptors (Lipinski definition) is 3. The number of benzene rings is 2. The van der Waals surface area contributed by atoms with Gasteiger partial charge in [-0.05, 0) is 72.7 Å². The number of aromatic nitrogens is 1. The first-order valence-corrected chi connectivity index (χ1v) is 13.6. The van der Waals surface area contributed by atoms with E-state index in [1.807, 2.05) is 26.0 Å². The molecule has 0 spiro atoms. The van der Waals surface area contributed by atoms with E-state index < -0.39 is 5.67 Å². The Morgan fingerprint density at radius 1 is 1.13 bits per heavy atom. The van der Waals surface area contributed by atoms with Gasteiger partial charge in [0.05, 0.1) is 5.56 Å². The SMILES string of the molecule is C#Cc1ccc(C2(F)CCN(C(=O)c3cc(NC(=O)c4ccc(CC(C)C)nc4)c(C)cc3CC)CC2)cc1. The first kappa shape index (κ1) is 28.0. The zero-order valence-corrected chi connectivity index (χ0v) is 23.2. The Morgan fingerprint density at radius 2 is 1.82 bits per heavy atom. The lowest BCUT2D eigenvalue weighted by Gasteiger charge is -2.37. The first-order valence-electron chi connectivity index (χ1n) is 13.6. The van der Waals surface area contributed by atoms with Crippen molar-refractivity contribution in [1.29, 1.82) is 0 Å². The quantitative estimate of drug-likeness (QED) is 0.359. The lowest BCUT2D eigenvalue weighted by Crippen LogP contribution is -2.43. The lowest BCUT2D eigenvalue weighted by atomic mass is 9.85. The third kappa shape index (κ3) is 6.37. The summed E-state index contributed by atoms with van der Waals surface area (Å²) in [6, 6.07) is 14.3. The number of nitrogens with zero attached hydrogens (tertiary/aromatic N) is 2. The fourth-order valence-corrected chi connectivity index (χ4v) is 5.07. The average Bonchev–Trinajstić information content (AvgIpc) is 2.94. The van der Waals surface area contributed by atoms with Gasteiger partial charge in [-0.25, -0.2) is 4.39 Å². The number of halogens is 1. The largest absolute Gasteiger partial charge is 0.338 e. The van der Waals surface area contributed by atoms with Gasteiger partial charge in [-0.15, -0.1) is 6.42 Å². The number of carbonyl (C=O) groups excluding carboxylic acids is 2. The number of likely N-dealkylation sites (tertiary alicyclic amines) is 1. The molecule has 4 rings (SSSR count). The molecule has 2 aromatic carbocycles. The van der Waals surface area contributed by atoms with E-state index in [0.29, 0.717) is 53.4 Å². The fraction of sp³-hybridized carbons (Fsp3) is 0.364. The molecule has 2 amide bonds. The summed E-state index contributed by atoms with van der Waals surface area (Å²) in [6.45, 7) is 8.77. The number of carbonyl (C=O) groups is 2. The smallest absolute Gasteiger partial charge is 0.257 e. The highest BCUT2D eigenvalue weighted by molar-refractivity contribution is 6.05. The van der Waals surface area contributed by atoms with E-state index in [9.17, 15) is 9.59 Å². The Labute approximate surface area is 230 Å². The highest BCUT2D eigenvalue weighted by Gasteiger charge is 2.38. The zero-order chi connectivity index (χ0) is 28.2. The zero-order valence-electron chi connectivity index (χ0n) is 23.2. The lowest BCUT2D eigenvalue weighted by molar-refractivity contribution is 0.0420. The van der Waals surface area contributed by atoms with Crippen molar-refractivity contribution in [3.05, 3.63) is 93.8 Å². The second kappa shape index (κ2) is 11.8. The van der Waals surface area contributed by atoms with Crippen LogP contribution >= 0.6 is 0 Å². The van der Waals surface area contributed by atoms with Crippen LogP contribution < -0.4 is 5.32 Å². The average molecular weight is 526 g/mol. The number of terminal acetylenes is 1. The molecule has 0 bridgehead atoms. The minimum absolute atomic E-state index is 0.146. The second-order valence-corrected chi connectivity index (χ2v) is 10.7. The second-order valence-electron chi connectivity index (χ2n) is 10.7. The minimum atomic E-state index is -1.50. The van der Waals surface area contributed by atoms with Gasteiger partial charge < -0.3 is 10.2 Å². The Kier molecular flexibility index (Phi) is 8.50. The van der Waals surface area contributed by atoms with Crippen LogP contribution in [-0.2, 0) is 18.5 Å². The Morgan fingerprint density at radius 3 is 2.38 bits per heavy atom. The summed E-state index contributed by atoms with van der Waals surface area (Å²) >= 11 is 0. The van der Waals surface area contributed by atoms with Crippen LogP contribution in [0.2, 0.25) is 0 Å². The van der Waals surface area contributed by atoms with Crippen LogP contribution in [0, 0.1) is 25.2 Å². The topological polar surface area (TPSA) is 62.3 Å². The maximum Gasteiger partial charge on any atom is 0.257 e. The molecule has 6 heteroatoms. The third-order valence-electron chi connectivity index (χ3n) is 7.43. The standard InChI is InChI=1S/C33H36FN3O2/c1-6-24-8-11-27(12-9-24)33(34)14-16-37(17-15-33)32(39)29-20-30(23(5)19-25(29)7-2)36-31(38)26-10-13-28(35-21-26)18-22(3)4/h1,8-13,19-22H,7,14-18H2,2-5H3,(H,36,38). The molecule has 0 atom stereocenters. The monoisotopic (exact) mass is 525 g/mol. The van der Waals surface area contributed by atoms with E-state index in [0.717, 1.165) is 23.2 Å². The Balaban J connectivity index is 1.49.